The molecule has 1 unspecified atom stereocenters. The highest BCUT2D eigenvalue weighted by atomic mass is 32.2. The third-order valence-corrected chi connectivity index (χ3v) is 7.85. The van der Waals surface area contributed by atoms with Gasteiger partial charge in [0.05, 0.1) is 39.4 Å². The van der Waals surface area contributed by atoms with Crippen molar-refractivity contribution in [1.82, 2.24) is 4.57 Å². The first kappa shape index (κ1) is 25.4. The van der Waals surface area contributed by atoms with Gasteiger partial charge in [-0.3, -0.25) is 19.5 Å². The van der Waals surface area contributed by atoms with E-state index in [4.69, 9.17) is 9.15 Å². The molecule has 3 heterocycles. The van der Waals surface area contributed by atoms with E-state index < -0.39 is 16.9 Å². The predicted octanol–water partition coefficient (Wildman–Crippen LogP) is 4.30. The standard InChI is InChI=1S/C27H21N3O6S2/c1-15-23(26(32)35-2)24(16-8-11-18(37-3)12-9-16)29-25(31)22(38-27(29)28-15)14-17-10-13-21(36-17)19-6-4-5-7-20(19)30(33)34/h4-14,24H,1-3H3. The van der Waals surface area contributed by atoms with Crippen molar-refractivity contribution in [3.8, 4) is 11.3 Å². The number of esters is 1. The van der Waals surface area contributed by atoms with Crippen molar-refractivity contribution >= 4 is 40.8 Å². The molecular weight excluding hydrogens is 526 g/mol. The average molecular weight is 548 g/mol. The molecule has 4 aromatic rings. The average Bonchev–Trinajstić information content (AvgIpc) is 3.51. The second-order valence-corrected chi connectivity index (χ2v) is 10.2. The smallest absolute Gasteiger partial charge is 0.338 e. The summed E-state index contributed by atoms with van der Waals surface area (Å²) >= 11 is 2.76. The summed E-state index contributed by atoms with van der Waals surface area (Å²) in [6.45, 7) is 1.72. The first-order chi connectivity index (χ1) is 18.3. The fourth-order valence-electron chi connectivity index (χ4n) is 4.34. The second-order valence-electron chi connectivity index (χ2n) is 8.32. The summed E-state index contributed by atoms with van der Waals surface area (Å²) in [7, 11) is 1.30. The molecule has 0 N–H and O–H groups in total. The van der Waals surface area contributed by atoms with Crippen molar-refractivity contribution in [2.45, 2.75) is 17.9 Å². The minimum Gasteiger partial charge on any atom is -0.466 e. The van der Waals surface area contributed by atoms with Crippen LogP contribution < -0.4 is 14.9 Å². The molecule has 5 rings (SSSR count). The SMILES string of the molecule is COC(=O)C1=C(C)N=c2sc(=Cc3ccc(-c4ccccc4[N+](=O)[O-])o3)c(=O)n2C1c1ccc(SC)cc1. The summed E-state index contributed by atoms with van der Waals surface area (Å²) in [5.41, 5.74) is 1.43. The van der Waals surface area contributed by atoms with Crippen LogP contribution in [-0.4, -0.2) is 28.8 Å². The Morgan fingerprint density at radius 3 is 2.61 bits per heavy atom. The van der Waals surface area contributed by atoms with Crippen molar-refractivity contribution < 1.29 is 18.9 Å². The zero-order valence-corrected chi connectivity index (χ0v) is 22.2. The monoisotopic (exact) mass is 547 g/mol. The highest BCUT2D eigenvalue weighted by Crippen LogP contribution is 2.32. The molecule has 0 spiro atoms. The molecule has 2 aromatic heterocycles. The highest BCUT2D eigenvalue weighted by Gasteiger charge is 2.33. The van der Waals surface area contributed by atoms with Gasteiger partial charge in [0.15, 0.2) is 4.80 Å². The van der Waals surface area contributed by atoms with Gasteiger partial charge in [-0.1, -0.05) is 35.6 Å². The Labute approximate surface area is 224 Å². The largest absolute Gasteiger partial charge is 0.466 e. The molecule has 38 heavy (non-hydrogen) atoms. The lowest BCUT2D eigenvalue weighted by Gasteiger charge is -2.24. The number of para-hydroxylation sites is 1. The molecule has 9 nitrogen and oxygen atoms in total. The van der Waals surface area contributed by atoms with Crippen LogP contribution in [-0.2, 0) is 9.53 Å². The molecular formula is C27H21N3O6S2. The molecule has 192 valence electrons. The van der Waals surface area contributed by atoms with Gasteiger partial charge in [0.2, 0.25) is 0 Å². The quantitative estimate of drug-likeness (QED) is 0.153. The van der Waals surface area contributed by atoms with E-state index in [-0.39, 0.29) is 11.2 Å². The van der Waals surface area contributed by atoms with Crippen LogP contribution in [0.25, 0.3) is 17.4 Å². The molecule has 0 saturated carbocycles. The number of hydrogen-bond acceptors (Lipinski definition) is 9. The van der Waals surface area contributed by atoms with Crippen LogP contribution in [0, 0.1) is 10.1 Å². The van der Waals surface area contributed by atoms with Crippen LogP contribution in [0.1, 0.15) is 24.3 Å². The van der Waals surface area contributed by atoms with Gasteiger partial charge in [-0.2, -0.15) is 0 Å². The van der Waals surface area contributed by atoms with Gasteiger partial charge in [0, 0.05) is 17.0 Å². The van der Waals surface area contributed by atoms with Gasteiger partial charge in [-0.05, 0) is 49.1 Å². The van der Waals surface area contributed by atoms with E-state index in [0.717, 1.165) is 10.5 Å². The van der Waals surface area contributed by atoms with E-state index in [0.29, 0.717) is 37.7 Å². The van der Waals surface area contributed by atoms with E-state index >= 15 is 0 Å². The summed E-state index contributed by atoms with van der Waals surface area (Å²) in [5, 5.41) is 11.4. The number of nitro benzene ring substituents is 1. The number of fused-ring (bicyclic) bond motifs is 1. The maximum atomic E-state index is 13.7. The first-order valence-corrected chi connectivity index (χ1v) is 13.4. The van der Waals surface area contributed by atoms with Crippen LogP contribution in [0.5, 0.6) is 0 Å². The predicted molar refractivity (Wildman–Crippen MR) is 145 cm³/mol. The van der Waals surface area contributed by atoms with Gasteiger partial charge < -0.3 is 9.15 Å². The van der Waals surface area contributed by atoms with Crippen molar-refractivity contribution in [3.63, 3.8) is 0 Å². The molecule has 0 amide bonds. The van der Waals surface area contributed by atoms with Gasteiger partial charge >= 0.3 is 5.97 Å². The number of nitro groups is 1. The Bertz CT molecular complexity index is 1780. The Balaban J connectivity index is 1.64. The summed E-state index contributed by atoms with van der Waals surface area (Å²) < 4.78 is 12.7. The van der Waals surface area contributed by atoms with Gasteiger partial charge in [-0.25, -0.2) is 9.79 Å². The number of thioether (sulfide) groups is 1. The summed E-state index contributed by atoms with van der Waals surface area (Å²) in [5.74, 6) is 0.111. The number of hydrogen-bond donors (Lipinski definition) is 0. The fourth-order valence-corrected chi connectivity index (χ4v) is 5.77. The second kappa shape index (κ2) is 10.3. The van der Waals surface area contributed by atoms with Crippen molar-refractivity contribution in [2.24, 2.45) is 4.99 Å². The number of ether oxygens (including phenoxy) is 1. The minimum atomic E-state index is -0.712. The van der Waals surface area contributed by atoms with Gasteiger partial charge in [0.25, 0.3) is 11.2 Å². The number of rotatable bonds is 6. The Morgan fingerprint density at radius 2 is 1.92 bits per heavy atom. The zero-order chi connectivity index (χ0) is 27.0. The van der Waals surface area contributed by atoms with Gasteiger partial charge in [-0.15, -0.1) is 11.8 Å². The minimum absolute atomic E-state index is 0.0777. The highest BCUT2D eigenvalue weighted by molar-refractivity contribution is 7.98. The van der Waals surface area contributed by atoms with Crippen LogP contribution in [0.15, 0.2) is 91.0 Å². The van der Waals surface area contributed by atoms with Crippen LogP contribution in [0.3, 0.4) is 0 Å². The van der Waals surface area contributed by atoms with E-state index in [1.54, 1.807) is 55.1 Å². The zero-order valence-electron chi connectivity index (χ0n) is 20.5. The topological polar surface area (TPSA) is 117 Å². The number of allylic oxidation sites excluding steroid dienone is 1. The maximum absolute atomic E-state index is 13.7. The number of carbonyl (C=O) groups is 1. The van der Waals surface area contributed by atoms with E-state index in [9.17, 15) is 19.7 Å². The van der Waals surface area contributed by atoms with Crippen LogP contribution in [0.2, 0.25) is 0 Å². The molecule has 1 aliphatic heterocycles. The van der Waals surface area contributed by atoms with E-state index in [1.165, 1.54) is 29.1 Å². The molecule has 11 heteroatoms. The number of thiazole rings is 1. The Morgan fingerprint density at radius 1 is 1.18 bits per heavy atom. The maximum Gasteiger partial charge on any atom is 0.338 e. The molecule has 2 aromatic carbocycles. The van der Waals surface area contributed by atoms with Crippen molar-refractivity contribution in [2.75, 3.05) is 13.4 Å². The third kappa shape index (κ3) is 4.50. The molecule has 1 atom stereocenters. The van der Waals surface area contributed by atoms with Gasteiger partial charge in [0.1, 0.15) is 11.5 Å². The molecule has 0 radical (unpaired) electrons. The lowest BCUT2D eigenvalue weighted by atomic mass is 9.96. The van der Waals surface area contributed by atoms with Crippen LogP contribution >= 0.6 is 23.1 Å². The number of benzene rings is 2. The Kier molecular flexibility index (Phi) is 6.87. The Hall–Kier alpha value is -4.22. The molecule has 1 aliphatic rings. The summed E-state index contributed by atoms with van der Waals surface area (Å²) in [6.07, 6.45) is 3.55. The number of methoxy groups -OCH3 is 1. The summed E-state index contributed by atoms with van der Waals surface area (Å²) in [6, 6.07) is 16.5. The summed E-state index contributed by atoms with van der Waals surface area (Å²) in [4.78, 5) is 43.5. The molecule has 0 aliphatic carbocycles. The molecule has 0 saturated heterocycles. The van der Waals surface area contributed by atoms with E-state index in [2.05, 4.69) is 4.99 Å². The number of carbonyl (C=O) groups excluding carboxylic acids is 1. The number of nitrogens with zero attached hydrogens (tertiary/aromatic N) is 3. The van der Waals surface area contributed by atoms with E-state index in [1.807, 2.05) is 30.5 Å². The lowest BCUT2D eigenvalue weighted by molar-refractivity contribution is -0.384. The van der Waals surface area contributed by atoms with Crippen molar-refractivity contribution in [3.05, 3.63) is 113 Å². The lowest BCUT2D eigenvalue weighted by Crippen LogP contribution is -2.39. The number of aromatic nitrogens is 1. The third-order valence-electron chi connectivity index (χ3n) is 6.12. The first-order valence-electron chi connectivity index (χ1n) is 11.4. The molecule has 0 fully saturated rings. The fraction of sp³-hybridized carbons (Fsp3) is 0.148. The molecule has 0 bridgehead atoms. The van der Waals surface area contributed by atoms with Crippen molar-refractivity contribution in [1.29, 1.82) is 0 Å². The number of furan rings is 1. The normalized spacial score (nSPS) is 15.2. The van der Waals surface area contributed by atoms with Crippen LogP contribution in [0.4, 0.5) is 5.69 Å².